The minimum atomic E-state index is -0.152. The van der Waals surface area contributed by atoms with Crippen molar-refractivity contribution in [3.05, 3.63) is 175 Å². The third-order valence-corrected chi connectivity index (χ3v) is 11.3. The highest BCUT2D eigenvalue weighted by Crippen LogP contribution is 2.49. The summed E-state index contributed by atoms with van der Waals surface area (Å²) in [6.45, 7) is 4.61. The van der Waals surface area contributed by atoms with Gasteiger partial charge in [0.25, 0.3) is 0 Å². The zero-order valence-corrected chi connectivity index (χ0v) is 29.8. The van der Waals surface area contributed by atoms with Crippen LogP contribution < -0.4 is 0 Å². The van der Waals surface area contributed by atoms with Crippen LogP contribution in [-0.4, -0.2) is 15.0 Å². The van der Waals surface area contributed by atoms with Crippen LogP contribution >= 0.6 is 0 Å². The quantitative estimate of drug-likeness (QED) is 0.184. The number of furan rings is 1. The first-order chi connectivity index (χ1) is 26.5. The van der Waals surface area contributed by atoms with Crippen LogP contribution in [0.3, 0.4) is 0 Å². The number of rotatable bonds is 4. The lowest BCUT2D eigenvalue weighted by Crippen LogP contribution is -2.15. The summed E-state index contributed by atoms with van der Waals surface area (Å²) in [6, 6.07) is 57.8. The van der Waals surface area contributed by atoms with Crippen molar-refractivity contribution >= 4 is 43.5 Å². The Morgan fingerprint density at radius 1 is 0.389 bits per heavy atom. The van der Waals surface area contributed by atoms with E-state index < -0.39 is 0 Å². The van der Waals surface area contributed by atoms with Gasteiger partial charge in [0.15, 0.2) is 17.5 Å². The van der Waals surface area contributed by atoms with Crippen molar-refractivity contribution in [3.63, 3.8) is 0 Å². The van der Waals surface area contributed by atoms with Crippen LogP contribution in [0.15, 0.2) is 168 Å². The molecule has 11 rings (SSSR count). The van der Waals surface area contributed by atoms with Gasteiger partial charge in [-0.1, -0.05) is 147 Å². The Hall–Kier alpha value is -6.91. The molecule has 2 aromatic heterocycles. The fourth-order valence-corrected chi connectivity index (χ4v) is 8.52. The van der Waals surface area contributed by atoms with Crippen molar-refractivity contribution in [3.8, 4) is 56.4 Å². The Kier molecular flexibility index (Phi) is 6.56. The highest BCUT2D eigenvalue weighted by Gasteiger charge is 2.35. The molecule has 254 valence electrons. The summed E-state index contributed by atoms with van der Waals surface area (Å²) in [4.78, 5) is 15.8. The number of hydrogen-bond donors (Lipinski definition) is 0. The van der Waals surface area contributed by atoms with Gasteiger partial charge in [-0.25, -0.2) is 15.0 Å². The van der Waals surface area contributed by atoms with Gasteiger partial charge in [-0.2, -0.15) is 0 Å². The fourth-order valence-electron chi connectivity index (χ4n) is 8.52. The van der Waals surface area contributed by atoms with Gasteiger partial charge in [-0.05, 0) is 79.9 Å². The van der Waals surface area contributed by atoms with Crippen molar-refractivity contribution < 1.29 is 4.42 Å². The molecule has 0 fully saturated rings. The Balaban J connectivity index is 1.16. The lowest BCUT2D eigenvalue weighted by atomic mass is 9.82. The van der Waals surface area contributed by atoms with Gasteiger partial charge in [0, 0.05) is 38.3 Å². The first-order valence-electron chi connectivity index (χ1n) is 18.4. The standard InChI is InChI=1S/C50H33N3O/c1-50(2)43-19-11-10-17-37(43)38-24-22-35(28-44(38)50)48-51-47(34-21-20-31-14-6-7-15-32(31)26-34)52-49(53-48)42-29-41-40-27-33(30-12-4-3-5-13-30)23-25-45(40)54-46(41)39-18-9-8-16-36(39)42/h3-29H,1-2H3. The normalized spacial score (nSPS) is 13.1. The molecule has 0 unspecified atom stereocenters. The van der Waals surface area contributed by atoms with Crippen LogP contribution in [0.1, 0.15) is 25.0 Å². The van der Waals surface area contributed by atoms with E-state index in [1.54, 1.807) is 0 Å². The van der Waals surface area contributed by atoms with E-state index in [1.807, 2.05) is 6.07 Å². The molecular weight excluding hydrogens is 659 g/mol. The molecule has 8 aromatic carbocycles. The first-order valence-corrected chi connectivity index (χ1v) is 18.4. The van der Waals surface area contributed by atoms with Gasteiger partial charge in [0.05, 0.1) is 0 Å². The van der Waals surface area contributed by atoms with Gasteiger partial charge in [-0.15, -0.1) is 0 Å². The molecule has 0 spiro atoms. The summed E-state index contributed by atoms with van der Waals surface area (Å²) in [5.41, 5.74) is 11.9. The van der Waals surface area contributed by atoms with Crippen LogP contribution in [0, 0.1) is 0 Å². The molecule has 1 aliphatic carbocycles. The molecule has 1 aliphatic rings. The molecule has 0 saturated heterocycles. The lowest BCUT2D eigenvalue weighted by molar-refractivity contribution is 0.660. The third kappa shape index (κ3) is 4.66. The second-order valence-electron chi connectivity index (χ2n) is 14.8. The van der Waals surface area contributed by atoms with Gasteiger partial charge in [0.1, 0.15) is 11.2 Å². The second-order valence-corrected chi connectivity index (χ2v) is 14.8. The number of aromatic nitrogens is 3. The lowest BCUT2D eigenvalue weighted by Gasteiger charge is -2.21. The average Bonchev–Trinajstić information content (AvgIpc) is 3.71. The Bertz CT molecular complexity index is 3140. The average molecular weight is 692 g/mol. The molecule has 54 heavy (non-hydrogen) atoms. The summed E-state index contributed by atoms with van der Waals surface area (Å²) in [5.74, 6) is 1.90. The maximum Gasteiger partial charge on any atom is 0.164 e. The number of hydrogen-bond acceptors (Lipinski definition) is 4. The molecule has 0 saturated carbocycles. The molecule has 0 bridgehead atoms. The summed E-state index contributed by atoms with van der Waals surface area (Å²) in [6.07, 6.45) is 0. The van der Waals surface area contributed by atoms with Gasteiger partial charge in [0.2, 0.25) is 0 Å². The largest absolute Gasteiger partial charge is 0.455 e. The van der Waals surface area contributed by atoms with Gasteiger partial charge < -0.3 is 4.42 Å². The van der Waals surface area contributed by atoms with Crippen LogP contribution in [0.2, 0.25) is 0 Å². The highest BCUT2D eigenvalue weighted by molar-refractivity contribution is 6.19. The van der Waals surface area contributed by atoms with Crippen LogP contribution in [0.4, 0.5) is 0 Å². The van der Waals surface area contributed by atoms with Crippen LogP contribution in [0.25, 0.3) is 99.9 Å². The SMILES string of the molecule is CC1(C)c2ccccc2-c2ccc(-c3nc(-c4ccc5ccccc5c4)nc(-c4cc5c6cc(-c7ccccc7)ccc6oc5c5ccccc45)n3)cc21. The maximum absolute atomic E-state index is 6.61. The fraction of sp³-hybridized carbons (Fsp3) is 0.0600. The van der Waals surface area contributed by atoms with Crippen molar-refractivity contribution in [1.29, 1.82) is 0 Å². The van der Waals surface area contributed by atoms with Crippen molar-refractivity contribution in [1.82, 2.24) is 15.0 Å². The highest BCUT2D eigenvalue weighted by atomic mass is 16.3. The number of fused-ring (bicyclic) bond motifs is 9. The van der Waals surface area contributed by atoms with E-state index in [-0.39, 0.29) is 5.41 Å². The minimum absolute atomic E-state index is 0.152. The third-order valence-electron chi connectivity index (χ3n) is 11.3. The molecule has 4 heteroatoms. The van der Waals surface area contributed by atoms with Gasteiger partial charge >= 0.3 is 0 Å². The zero-order chi connectivity index (χ0) is 36.0. The van der Waals surface area contributed by atoms with Gasteiger partial charge in [-0.3, -0.25) is 0 Å². The van der Waals surface area contributed by atoms with E-state index in [9.17, 15) is 0 Å². The molecule has 10 aromatic rings. The van der Waals surface area contributed by atoms with E-state index in [1.165, 1.54) is 27.6 Å². The van der Waals surface area contributed by atoms with Crippen LogP contribution in [-0.2, 0) is 5.41 Å². The summed E-state index contributed by atoms with van der Waals surface area (Å²) in [5, 5.41) is 6.45. The summed E-state index contributed by atoms with van der Waals surface area (Å²) >= 11 is 0. The monoisotopic (exact) mass is 691 g/mol. The van der Waals surface area contributed by atoms with E-state index in [0.717, 1.165) is 65.9 Å². The molecule has 0 aliphatic heterocycles. The Labute approximate surface area is 312 Å². The van der Waals surface area contributed by atoms with Crippen molar-refractivity contribution in [2.45, 2.75) is 19.3 Å². The topological polar surface area (TPSA) is 51.8 Å². The Morgan fingerprint density at radius 2 is 1.04 bits per heavy atom. The zero-order valence-electron chi connectivity index (χ0n) is 29.8. The van der Waals surface area contributed by atoms with E-state index in [4.69, 9.17) is 19.4 Å². The second kappa shape index (κ2) is 11.5. The predicted molar refractivity (Wildman–Crippen MR) is 221 cm³/mol. The molecule has 0 atom stereocenters. The summed E-state index contributed by atoms with van der Waals surface area (Å²) < 4.78 is 6.61. The molecule has 0 N–H and O–H groups in total. The number of benzene rings is 8. The van der Waals surface area contributed by atoms with Crippen molar-refractivity contribution in [2.24, 2.45) is 0 Å². The maximum atomic E-state index is 6.61. The minimum Gasteiger partial charge on any atom is -0.455 e. The van der Waals surface area contributed by atoms with E-state index in [0.29, 0.717) is 17.5 Å². The van der Waals surface area contributed by atoms with E-state index >= 15 is 0 Å². The number of nitrogens with zero attached hydrogens (tertiary/aromatic N) is 3. The van der Waals surface area contributed by atoms with Crippen molar-refractivity contribution in [2.75, 3.05) is 0 Å². The molecular formula is C50H33N3O. The Morgan fingerprint density at radius 3 is 1.89 bits per heavy atom. The molecule has 0 amide bonds. The smallest absolute Gasteiger partial charge is 0.164 e. The molecule has 4 nitrogen and oxygen atoms in total. The van der Waals surface area contributed by atoms with E-state index in [2.05, 4.69) is 172 Å². The summed E-state index contributed by atoms with van der Waals surface area (Å²) in [7, 11) is 0. The van der Waals surface area contributed by atoms with Crippen LogP contribution in [0.5, 0.6) is 0 Å². The predicted octanol–water partition coefficient (Wildman–Crippen LogP) is 13.1. The first kappa shape index (κ1) is 30.7. The molecule has 0 radical (unpaired) electrons. The molecule has 2 heterocycles.